The molecule has 5 heteroatoms. The molecule has 1 aliphatic heterocycles. The molecule has 0 aromatic heterocycles. The SMILES string of the molecule is CCCNC(CN(C)CC1CCCN1CC)C(=O)OCC. The second-order valence-corrected chi connectivity index (χ2v) is 5.90. The summed E-state index contributed by atoms with van der Waals surface area (Å²) in [7, 11) is 2.10. The Labute approximate surface area is 130 Å². The summed E-state index contributed by atoms with van der Waals surface area (Å²) in [5, 5.41) is 3.31. The molecule has 1 heterocycles. The number of ether oxygens (including phenoxy) is 1. The van der Waals surface area contributed by atoms with Crippen LogP contribution in [-0.4, -0.2) is 74.2 Å². The number of carbonyl (C=O) groups is 1. The molecule has 2 unspecified atom stereocenters. The maximum Gasteiger partial charge on any atom is 0.324 e. The third-order valence-corrected chi connectivity index (χ3v) is 4.13. The molecular weight excluding hydrogens is 266 g/mol. The van der Waals surface area contributed by atoms with Crippen LogP contribution in [0.15, 0.2) is 0 Å². The second kappa shape index (κ2) is 10.1. The number of hydrogen-bond donors (Lipinski definition) is 1. The lowest BCUT2D eigenvalue weighted by Gasteiger charge is -2.29. The summed E-state index contributed by atoms with van der Waals surface area (Å²) in [6.07, 6.45) is 3.58. The van der Waals surface area contributed by atoms with Crippen LogP contribution in [0, 0.1) is 0 Å². The fourth-order valence-electron chi connectivity index (χ4n) is 3.05. The molecule has 1 rings (SSSR count). The van der Waals surface area contributed by atoms with Crippen LogP contribution < -0.4 is 5.32 Å². The van der Waals surface area contributed by atoms with E-state index in [0.717, 1.165) is 26.1 Å². The molecule has 2 atom stereocenters. The van der Waals surface area contributed by atoms with Gasteiger partial charge in [0.25, 0.3) is 0 Å². The zero-order valence-corrected chi connectivity index (χ0v) is 14.2. The van der Waals surface area contributed by atoms with Gasteiger partial charge in [0.05, 0.1) is 6.61 Å². The summed E-state index contributed by atoms with van der Waals surface area (Å²) in [4.78, 5) is 16.8. The van der Waals surface area contributed by atoms with Crippen molar-refractivity contribution in [2.75, 3.05) is 46.4 Å². The molecule has 0 amide bonds. The fourth-order valence-corrected chi connectivity index (χ4v) is 3.05. The van der Waals surface area contributed by atoms with Gasteiger partial charge >= 0.3 is 5.97 Å². The first kappa shape index (κ1) is 18.4. The second-order valence-electron chi connectivity index (χ2n) is 5.90. The number of carbonyl (C=O) groups excluding carboxylic acids is 1. The first-order valence-electron chi connectivity index (χ1n) is 8.44. The Kier molecular flexibility index (Phi) is 8.88. The molecule has 1 aliphatic rings. The van der Waals surface area contributed by atoms with Crippen LogP contribution in [0.3, 0.4) is 0 Å². The van der Waals surface area contributed by atoms with E-state index in [2.05, 4.69) is 36.0 Å². The van der Waals surface area contributed by atoms with E-state index in [4.69, 9.17) is 4.74 Å². The van der Waals surface area contributed by atoms with Gasteiger partial charge in [0.2, 0.25) is 0 Å². The third kappa shape index (κ3) is 6.32. The lowest BCUT2D eigenvalue weighted by molar-refractivity contribution is -0.146. The lowest BCUT2D eigenvalue weighted by atomic mass is 10.2. The van der Waals surface area contributed by atoms with Gasteiger partial charge in [-0.3, -0.25) is 9.69 Å². The van der Waals surface area contributed by atoms with E-state index in [1.165, 1.54) is 19.4 Å². The molecule has 0 aliphatic carbocycles. The van der Waals surface area contributed by atoms with Crippen molar-refractivity contribution in [2.24, 2.45) is 0 Å². The molecule has 0 saturated carbocycles. The van der Waals surface area contributed by atoms with Crippen molar-refractivity contribution < 1.29 is 9.53 Å². The Bertz CT molecular complexity index is 299. The van der Waals surface area contributed by atoms with Crippen LogP contribution in [0.25, 0.3) is 0 Å². The van der Waals surface area contributed by atoms with Crippen LogP contribution in [-0.2, 0) is 9.53 Å². The number of hydrogen-bond acceptors (Lipinski definition) is 5. The highest BCUT2D eigenvalue weighted by atomic mass is 16.5. The van der Waals surface area contributed by atoms with Crippen molar-refractivity contribution in [3.05, 3.63) is 0 Å². The van der Waals surface area contributed by atoms with Crippen LogP contribution >= 0.6 is 0 Å². The van der Waals surface area contributed by atoms with Crippen molar-refractivity contribution >= 4 is 5.97 Å². The summed E-state index contributed by atoms with van der Waals surface area (Å²) in [5.41, 5.74) is 0. The topological polar surface area (TPSA) is 44.8 Å². The minimum atomic E-state index is -0.216. The molecule has 5 nitrogen and oxygen atoms in total. The summed E-state index contributed by atoms with van der Waals surface area (Å²) in [5.74, 6) is -0.128. The molecule has 0 bridgehead atoms. The van der Waals surface area contributed by atoms with E-state index in [9.17, 15) is 4.79 Å². The maximum atomic E-state index is 12.0. The fraction of sp³-hybridized carbons (Fsp3) is 0.938. The molecule has 1 saturated heterocycles. The standard InChI is InChI=1S/C16H33N3O2/c1-5-10-17-15(16(20)21-7-3)13-18(4)12-14-9-8-11-19(14)6-2/h14-15,17H,5-13H2,1-4H3. The Balaban J connectivity index is 2.46. The predicted molar refractivity (Wildman–Crippen MR) is 86.5 cm³/mol. The third-order valence-electron chi connectivity index (χ3n) is 4.13. The van der Waals surface area contributed by atoms with Crippen LogP contribution in [0.4, 0.5) is 0 Å². The van der Waals surface area contributed by atoms with Gasteiger partial charge in [0.1, 0.15) is 6.04 Å². The number of likely N-dealkylation sites (N-methyl/N-ethyl adjacent to an activating group) is 2. The zero-order chi connectivity index (χ0) is 15.7. The molecule has 1 fully saturated rings. The van der Waals surface area contributed by atoms with Gasteiger partial charge < -0.3 is 15.0 Å². The molecule has 21 heavy (non-hydrogen) atoms. The van der Waals surface area contributed by atoms with Crippen LogP contribution in [0.1, 0.15) is 40.0 Å². The first-order chi connectivity index (χ1) is 10.1. The first-order valence-corrected chi connectivity index (χ1v) is 8.44. The summed E-state index contributed by atoms with van der Waals surface area (Å²) >= 11 is 0. The number of rotatable bonds is 10. The normalized spacial score (nSPS) is 20.9. The molecule has 0 spiro atoms. The predicted octanol–water partition coefficient (Wildman–Crippen LogP) is 1.33. The van der Waals surface area contributed by atoms with E-state index < -0.39 is 0 Å². The minimum Gasteiger partial charge on any atom is -0.465 e. The number of nitrogens with zero attached hydrogens (tertiary/aromatic N) is 2. The van der Waals surface area contributed by atoms with Crippen LogP contribution in [0.5, 0.6) is 0 Å². The quantitative estimate of drug-likeness (QED) is 0.617. The van der Waals surface area contributed by atoms with E-state index in [0.29, 0.717) is 19.2 Å². The maximum absolute atomic E-state index is 12.0. The highest BCUT2D eigenvalue weighted by Crippen LogP contribution is 2.17. The average Bonchev–Trinajstić information content (AvgIpc) is 2.90. The van der Waals surface area contributed by atoms with Crippen molar-refractivity contribution in [2.45, 2.75) is 52.1 Å². The van der Waals surface area contributed by atoms with Gasteiger partial charge in [-0.15, -0.1) is 0 Å². The lowest BCUT2D eigenvalue weighted by Crippen LogP contribution is -2.48. The largest absolute Gasteiger partial charge is 0.465 e. The Morgan fingerprint density at radius 3 is 2.81 bits per heavy atom. The van der Waals surface area contributed by atoms with Crippen molar-refractivity contribution in [3.8, 4) is 0 Å². The van der Waals surface area contributed by atoms with Crippen molar-refractivity contribution in [1.29, 1.82) is 0 Å². The highest BCUT2D eigenvalue weighted by molar-refractivity contribution is 5.76. The van der Waals surface area contributed by atoms with Gasteiger partial charge in [-0.1, -0.05) is 13.8 Å². The van der Waals surface area contributed by atoms with Gasteiger partial charge in [-0.2, -0.15) is 0 Å². The van der Waals surface area contributed by atoms with E-state index in [1.807, 2.05) is 6.92 Å². The van der Waals surface area contributed by atoms with Gasteiger partial charge in [-0.25, -0.2) is 0 Å². The summed E-state index contributed by atoms with van der Waals surface area (Å²) < 4.78 is 5.18. The highest BCUT2D eigenvalue weighted by Gasteiger charge is 2.26. The molecular formula is C16H33N3O2. The van der Waals surface area contributed by atoms with E-state index >= 15 is 0 Å². The Morgan fingerprint density at radius 2 is 2.19 bits per heavy atom. The smallest absolute Gasteiger partial charge is 0.324 e. The molecule has 1 N–H and O–H groups in total. The van der Waals surface area contributed by atoms with Crippen molar-refractivity contribution in [3.63, 3.8) is 0 Å². The van der Waals surface area contributed by atoms with E-state index in [1.54, 1.807) is 0 Å². The van der Waals surface area contributed by atoms with Crippen molar-refractivity contribution in [1.82, 2.24) is 15.1 Å². The Hall–Kier alpha value is -0.650. The number of nitrogens with one attached hydrogen (secondary N) is 1. The van der Waals surface area contributed by atoms with Gasteiger partial charge in [-0.05, 0) is 52.9 Å². The van der Waals surface area contributed by atoms with Crippen LogP contribution in [0.2, 0.25) is 0 Å². The summed E-state index contributed by atoms with van der Waals surface area (Å²) in [6.45, 7) is 11.6. The average molecular weight is 299 g/mol. The Morgan fingerprint density at radius 1 is 1.43 bits per heavy atom. The van der Waals surface area contributed by atoms with Gasteiger partial charge in [0, 0.05) is 19.1 Å². The van der Waals surface area contributed by atoms with E-state index in [-0.39, 0.29) is 12.0 Å². The molecule has 0 aromatic carbocycles. The zero-order valence-electron chi connectivity index (χ0n) is 14.2. The number of esters is 1. The number of likely N-dealkylation sites (tertiary alicyclic amines) is 1. The molecule has 0 aromatic rings. The monoisotopic (exact) mass is 299 g/mol. The summed E-state index contributed by atoms with van der Waals surface area (Å²) in [6, 6.07) is 0.417. The van der Waals surface area contributed by atoms with Gasteiger partial charge in [0.15, 0.2) is 0 Å². The molecule has 124 valence electrons. The minimum absolute atomic E-state index is 0.128. The molecule has 0 radical (unpaired) electrons.